The number of esters is 2. The van der Waals surface area contributed by atoms with Crippen LogP contribution >= 0.6 is 7.60 Å². The molecule has 38 heavy (non-hydrogen) atoms. The van der Waals surface area contributed by atoms with Gasteiger partial charge in [-0.15, -0.1) is 0 Å². The van der Waals surface area contributed by atoms with E-state index < -0.39 is 79.3 Å². The number of nitrogens with zero attached hydrogens (tertiary/aromatic N) is 1. The minimum atomic E-state index is -4.33. The molecule has 0 bridgehead atoms. The van der Waals surface area contributed by atoms with Crippen LogP contribution in [-0.2, 0) is 37.4 Å². The molecule has 214 valence electrons. The van der Waals surface area contributed by atoms with Crippen LogP contribution in [0.1, 0.15) is 54.7 Å². The van der Waals surface area contributed by atoms with Crippen LogP contribution in [0.25, 0.3) is 0 Å². The van der Waals surface area contributed by atoms with E-state index in [0.29, 0.717) is 0 Å². The maximum Gasteiger partial charge on any atom is 0.359 e. The minimum Gasteiger partial charge on any atom is -0.438 e. The summed E-state index contributed by atoms with van der Waals surface area (Å²) in [7, 11) is -4.33. The lowest BCUT2D eigenvalue weighted by atomic mass is 9.98. The highest BCUT2D eigenvalue weighted by Gasteiger charge is 2.54. The molecule has 0 amide bonds. The van der Waals surface area contributed by atoms with E-state index in [9.17, 15) is 28.8 Å². The van der Waals surface area contributed by atoms with Gasteiger partial charge in [0.05, 0.1) is 10.8 Å². The number of H-pyrrole nitrogens is 1. The Morgan fingerprint density at radius 3 is 2.08 bits per heavy atom. The zero-order valence-electron chi connectivity index (χ0n) is 22.3. The second kappa shape index (κ2) is 11.6. The highest BCUT2D eigenvalue weighted by Crippen LogP contribution is 2.51. The number of carbonyl (C=O) groups is 2. The Morgan fingerprint density at radius 1 is 1.13 bits per heavy atom. The molecule has 1 aromatic rings. The van der Waals surface area contributed by atoms with Gasteiger partial charge in [0.25, 0.3) is 5.56 Å². The molecule has 1 aliphatic rings. The lowest BCUT2D eigenvalue weighted by Crippen LogP contribution is -2.43. The fourth-order valence-corrected chi connectivity index (χ4v) is 4.00. The third-order valence-corrected chi connectivity index (χ3v) is 6.76. The van der Waals surface area contributed by atoms with Crippen molar-refractivity contribution >= 4 is 19.5 Å². The van der Waals surface area contributed by atoms with Crippen molar-refractivity contribution < 1.29 is 46.9 Å². The van der Waals surface area contributed by atoms with Crippen molar-refractivity contribution in [1.82, 2.24) is 9.55 Å². The molecule has 2 rings (SSSR count). The number of hydrogen-bond acceptors (Lipinski definition) is 11. The molecule has 4 atom stereocenters. The summed E-state index contributed by atoms with van der Waals surface area (Å²) in [5.41, 5.74) is -5.96. The van der Waals surface area contributed by atoms with Gasteiger partial charge in [-0.05, 0) is 54.5 Å². The Morgan fingerprint density at radius 2 is 1.63 bits per heavy atom. The van der Waals surface area contributed by atoms with Gasteiger partial charge in [0.1, 0.15) is 12.2 Å². The maximum atomic E-state index is 15.4. The second-order valence-electron chi connectivity index (χ2n) is 10.8. The smallest absolute Gasteiger partial charge is 0.359 e. The predicted octanol–water partition coefficient (Wildman–Crippen LogP) is 2.36. The van der Waals surface area contributed by atoms with E-state index >= 15 is 4.39 Å². The second-order valence-corrected chi connectivity index (χ2v) is 12.7. The van der Waals surface area contributed by atoms with Crippen LogP contribution in [-0.4, -0.2) is 58.1 Å². The molecule has 1 aliphatic heterocycles. The number of aliphatic hydroxyl groups is 1. The molecule has 15 heteroatoms. The summed E-state index contributed by atoms with van der Waals surface area (Å²) in [5, 5.41) is 10.5. The van der Waals surface area contributed by atoms with E-state index in [0.717, 1.165) is 35.6 Å². The summed E-state index contributed by atoms with van der Waals surface area (Å²) in [6, 6.07) is 0.976. The average Bonchev–Trinajstić information content (AvgIpc) is 3.00. The summed E-state index contributed by atoms with van der Waals surface area (Å²) in [4.78, 5) is 49.4. The number of aliphatic hydroxyl groups excluding tert-OH is 1. The molecule has 1 fully saturated rings. The quantitative estimate of drug-likeness (QED) is 0.256. The molecular formula is C23H34FN2O11P. The van der Waals surface area contributed by atoms with Crippen molar-refractivity contribution in [3.05, 3.63) is 45.0 Å². The minimum absolute atomic E-state index is 0.663. The van der Waals surface area contributed by atoms with E-state index in [1.165, 1.54) is 0 Å². The SMILES string of the molecule is CC(C)(C)C(=O)OCOP(=O)(/C=C/[C@H]1O[C@@H](n2ccc(=O)[nH]c2=O)C(C)(F)C1O)OCOC(=O)C(C)(C)C. The number of halogens is 1. The Kier molecular flexibility index (Phi) is 9.66. The van der Waals surface area contributed by atoms with Crippen molar-refractivity contribution in [2.24, 2.45) is 10.8 Å². The Bertz CT molecular complexity index is 1170. The molecule has 1 aromatic heterocycles. The normalized spacial score (nSPS) is 24.5. The molecule has 13 nitrogen and oxygen atoms in total. The van der Waals surface area contributed by atoms with Gasteiger partial charge in [-0.3, -0.25) is 37.5 Å². The van der Waals surface area contributed by atoms with E-state index in [2.05, 4.69) is 0 Å². The molecule has 0 aliphatic carbocycles. The van der Waals surface area contributed by atoms with E-state index in [-0.39, 0.29) is 0 Å². The van der Waals surface area contributed by atoms with Crippen molar-refractivity contribution in [2.75, 3.05) is 13.6 Å². The van der Waals surface area contributed by atoms with Crippen LogP contribution < -0.4 is 11.2 Å². The first kappa shape index (κ1) is 31.6. The maximum absolute atomic E-state index is 15.4. The number of rotatable bonds is 9. The highest BCUT2D eigenvalue weighted by molar-refractivity contribution is 7.57. The van der Waals surface area contributed by atoms with Gasteiger partial charge in [0.2, 0.25) is 13.6 Å². The van der Waals surface area contributed by atoms with Crippen LogP contribution in [0.4, 0.5) is 4.39 Å². The predicted molar refractivity (Wildman–Crippen MR) is 130 cm³/mol. The standard InChI is InChI=1S/C23H34FN2O11P/c1-21(2,3)18(29)33-12-35-38(32,36-13-34-19(30)22(4,5)6)11-9-14-16(28)23(7,24)17(37-14)26-10-8-15(27)25-20(26)31/h8-11,14,16-17,28H,12-13H2,1-7H3,(H,25,27,31)/b11-9+/t14-,16?,17-,23?/m1/s1. The molecular weight excluding hydrogens is 530 g/mol. The number of aromatic amines is 1. The number of carbonyl (C=O) groups excluding carboxylic acids is 2. The number of hydrogen-bond donors (Lipinski definition) is 2. The van der Waals surface area contributed by atoms with E-state index in [1.807, 2.05) is 4.98 Å². The third-order valence-electron chi connectivity index (χ3n) is 5.29. The summed E-state index contributed by atoms with van der Waals surface area (Å²) in [6.45, 7) is 8.94. The van der Waals surface area contributed by atoms with Crippen molar-refractivity contribution in [2.45, 2.75) is 72.6 Å². The van der Waals surface area contributed by atoms with Crippen molar-refractivity contribution in [3.8, 4) is 0 Å². The van der Waals surface area contributed by atoms with Gasteiger partial charge in [-0.2, -0.15) is 0 Å². The first-order chi connectivity index (χ1) is 17.3. The molecule has 2 N–H and O–H groups in total. The number of aromatic nitrogens is 2. The highest BCUT2D eigenvalue weighted by atomic mass is 31.2. The van der Waals surface area contributed by atoms with Gasteiger partial charge in [0, 0.05) is 18.1 Å². The van der Waals surface area contributed by atoms with Crippen LogP contribution in [0.5, 0.6) is 0 Å². The van der Waals surface area contributed by atoms with E-state index in [1.54, 1.807) is 41.5 Å². The zero-order valence-corrected chi connectivity index (χ0v) is 23.2. The molecule has 1 saturated heterocycles. The molecule has 2 unspecified atom stereocenters. The lowest BCUT2D eigenvalue weighted by molar-refractivity contribution is -0.161. The molecule has 0 aromatic carbocycles. The van der Waals surface area contributed by atoms with E-state index in [4.69, 9.17) is 23.3 Å². The number of ether oxygens (including phenoxy) is 3. The zero-order chi connectivity index (χ0) is 29.1. The van der Waals surface area contributed by atoms with Crippen LogP contribution in [0.3, 0.4) is 0 Å². The first-order valence-corrected chi connectivity index (χ1v) is 13.2. The number of alkyl halides is 1. The van der Waals surface area contributed by atoms with Gasteiger partial charge < -0.3 is 19.3 Å². The van der Waals surface area contributed by atoms with Gasteiger partial charge in [-0.1, -0.05) is 0 Å². The molecule has 0 radical (unpaired) electrons. The number of nitrogens with one attached hydrogen (secondary N) is 1. The lowest BCUT2D eigenvalue weighted by Gasteiger charge is -2.24. The Balaban J connectivity index is 2.24. The third kappa shape index (κ3) is 7.93. The van der Waals surface area contributed by atoms with Gasteiger partial charge in [-0.25, -0.2) is 9.18 Å². The molecule has 2 heterocycles. The van der Waals surface area contributed by atoms with Crippen molar-refractivity contribution in [1.29, 1.82) is 0 Å². The molecule has 0 spiro atoms. The summed E-state index contributed by atoms with van der Waals surface area (Å²) in [5.74, 6) is -0.501. The molecule has 0 saturated carbocycles. The average molecular weight is 565 g/mol. The monoisotopic (exact) mass is 564 g/mol. The van der Waals surface area contributed by atoms with Crippen LogP contribution in [0.2, 0.25) is 0 Å². The van der Waals surface area contributed by atoms with Gasteiger partial charge >= 0.3 is 25.2 Å². The fraction of sp³-hybridized carbons (Fsp3) is 0.652. The Hall–Kier alpha value is -2.64. The summed E-state index contributed by atoms with van der Waals surface area (Å²) < 4.78 is 55.1. The fourth-order valence-electron chi connectivity index (χ4n) is 2.98. The largest absolute Gasteiger partial charge is 0.438 e. The summed E-state index contributed by atoms with van der Waals surface area (Å²) in [6.07, 6.45) is -2.97. The topological polar surface area (TPSA) is 172 Å². The van der Waals surface area contributed by atoms with Crippen LogP contribution in [0, 0.1) is 10.8 Å². The van der Waals surface area contributed by atoms with Gasteiger partial charge in [0.15, 0.2) is 11.9 Å². The van der Waals surface area contributed by atoms with Crippen molar-refractivity contribution in [3.63, 3.8) is 0 Å². The Labute approximate surface area is 218 Å². The first-order valence-electron chi connectivity index (χ1n) is 11.5. The summed E-state index contributed by atoms with van der Waals surface area (Å²) >= 11 is 0. The van der Waals surface area contributed by atoms with Crippen LogP contribution in [0.15, 0.2) is 33.7 Å².